The Balaban J connectivity index is 2.44. The van der Waals surface area contributed by atoms with Crippen molar-refractivity contribution in [2.24, 2.45) is 0 Å². The van der Waals surface area contributed by atoms with Crippen molar-refractivity contribution < 1.29 is 44.9 Å². The number of carbonyl (C=O) groups is 1. The lowest BCUT2D eigenvalue weighted by molar-refractivity contribution is -0.303. The fourth-order valence-electron chi connectivity index (χ4n) is 6.49. The second-order valence-electron chi connectivity index (χ2n) is 14.2. The summed E-state index contributed by atoms with van der Waals surface area (Å²) in [6, 6.07) is -0.981. The van der Waals surface area contributed by atoms with Crippen molar-refractivity contribution in [3.8, 4) is 0 Å². The zero-order valence-corrected chi connectivity index (χ0v) is 30.6. The average Bonchev–Trinajstić information content (AvgIpc) is 3.08. The van der Waals surface area contributed by atoms with Gasteiger partial charge in [-0.25, -0.2) is 0 Å². The summed E-state index contributed by atoms with van der Waals surface area (Å²) in [5.41, 5.74) is 0. The molecule has 48 heavy (non-hydrogen) atoms. The molecule has 0 aromatic carbocycles. The molecule has 0 bridgehead atoms. The molecule has 1 heterocycles. The Morgan fingerprint density at radius 1 is 0.646 bits per heavy atom. The van der Waals surface area contributed by atoms with Gasteiger partial charge in [0, 0.05) is 6.42 Å². The van der Waals surface area contributed by atoms with Gasteiger partial charge in [0.1, 0.15) is 30.5 Å². The van der Waals surface area contributed by atoms with Gasteiger partial charge in [-0.05, 0) is 12.8 Å². The van der Waals surface area contributed by atoms with E-state index >= 15 is 0 Å². The van der Waals surface area contributed by atoms with E-state index in [1.165, 1.54) is 103 Å². The molecule has 10 nitrogen and oxygen atoms in total. The number of hydrogen-bond donors (Lipinski definition) is 7. The minimum Gasteiger partial charge on any atom is -0.394 e. The van der Waals surface area contributed by atoms with Crippen molar-refractivity contribution >= 4 is 5.91 Å². The van der Waals surface area contributed by atoms with Gasteiger partial charge in [-0.1, -0.05) is 155 Å². The first-order valence-corrected chi connectivity index (χ1v) is 19.8. The predicted octanol–water partition coefficient (Wildman–Crippen LogP) is 5.80. The molecule has 0 aromatic rings. The van der Waals surface area contributed by atoms with Crippen LogP contribution in [-0.4, -0.2) is 98.7 Å². The molecule has 0 spiro atoms. The second-order valence-corrected chi connectivity index (χ2v) is 14.2. The van der Waals surface area contributed by atoms with E-state index in [1.807, 2.05) is 0 Å². The van der Waals surface area contributed by atoms with Crippen molar-refractivity contribution in [2.75, 3.05) is 13.2 Å². The van der Waals surface area contributed by atoms with E-state index < -0.39 is 55.6 Å². The lowest BCUT2D eigenvalue weighted by atomic mass is 9.98. The summed E-state index contributed by atoms with van der Waals surface area (Å²) in [4.78, 5) is 12.8. The van der Waals surface area contributed by atoms with Gasteiger partial charge in [0.15, 0.2) is 6.29 Å². The van der Waals surface area contributed by atoms with E-state index in [-0.39, 0.29) is 18.9 Å². The quantitative estimate of drug-likeness (QED) is 0.0432. The molecule has 1 aliphatic rings. The zero-order chi connectivity index (χ0) is 35.4. The largest absolute Gasteiger partial charge is 0.394 e. The van der Waals surface area contributed by atoms with E-state index in [0.29, 0.717) is 6.42 Å². The number of aliphatic hydroxyl groups excluding tert-OH is 6. The van der Waals surface area contributed by atoms with Crippen LogP contribution in [0.4, 0.5) is 0 Å². The van der Waals surface area contributed by atoms with Crippen LogP contribution in [0.1, 0.15) is 174 Å². The highest BCUT2D eigenvalue weighted by Gasteiger charge is 2.44. The van der Waals surface area contributed by atoms with Gasteiger partial charge in [-0.3, -0.25) is 4.79 Å². The number of carbonyl (C=O) groups excluding carboxylic acids is 1. The van der Waals surface area contributed by atoms with Crippen LogP contribution in [0, 0.1) is 0 Å². The van der Waals surface area contributed by atoms with E-state index in [9.17, 15) is 35.4 Å². The molecule has 1 fully saturated rings. The molecule has 0 saturated carbocycles. The third-order valence-corrected chi connectivity index (χ3v) is 9.80. The summed E-state index contributed by atoms with van der Waals surface area (Å²) < 4.78 is 11.1. The zero-order valence-electron chi connectivity index (χ0n) is 30.6. The molecule has 2 unspecified atom stereocenters. The first-order valence-electron chi connectivity index (χ1n) is 19.8. The van der Waals surface area contributed by atoms with Gasteiger partial charge in [0.2, 0.25) is 5.91 Å². The van der Waals surface area contributed by atoms with Crippen LogP contribution < -0.4 is 5.32 Å². The Labute approximate surface area is 292 Å². The standard InChI is InChI=1S/C38H75NO9/c1-3-5-7-9-11-13-14-15-16-17-18-19-20-22-24-26-31(41)34(43)30(39-33(42)27-25-23-21-12-10-8-6-4-2)29-47-38-37(46)36(45)35(44)32(28-40)48-38/h30-32,34-38,40-41,43-46H,3-29H2,1-2H3,(H,39,42)/t30-,31+,32+,34-,35-,36?,37?,38+/m0/s1. The summed E-state index contributed by atoms with van der Waals surface area (Å²) in [7, 11) is 0. The fraction of sp³-hybridized carbons (Fsp3) is 0.974. The number of ether oxygens (including phenoxy) is 2. The van der Waals surface area contributed by atoms with Gasteiger partial charge < -0.3 is 45.4 Å². The number of rotatable bonds is 32. The van der Waals surface area contributed by atoms with Crippen LogP contribution in [0.15, 0.2) is 0 Å². The summed E-state index contributed by atoms with van der Waals surface area (Å²) in [6.45, 7) is 3.55. The van der Waals surface area contributed by atoms with Crippen LogP contribution in [0.25, 0.3) is 0 Å². The molecule has 8 atom stereocenters. The smallest absolute Gasteiger partial charge is 0.220 e. The van der Waals surface area contributed by atoms with E-state index in [2.05, 4.69) is 19.2 Å². The maximum atomic E-state index is 12.8. The van der Waals surface area contributed by atoms with Crippen LogP contribution in [0.5, 0.6) is 0 Å². The summed E-state index contributed by atoms with van der Waals surface area (Å²) in [6.07, 6.45) is 18.4. The summed E-state index contributed by atoms with van der Waals surface area (Å²) >= 11 is 0. The Hall–Kier alpha value is -0.850. The molecule has 7 N–H and O–H groups in total. The maximum absolute atomic E-state index is 12.8. The summed E-state index contributed by atoms with van der Waals surface area (Å²) in [5, 5.41) is 64.7. The monoisotopic (exact) mass is 690 g/mol. The molecule has 1 saturated heterocycles. The van der Waals surface area contributed by atoms with Crippen LogP contribution >= 0.6 is 0 Å². The van der Waals surface area contributed by atoms with Gasteiger partial charge >= 0.3 is 0 Å². The second kappa shape index (κ2) is 29.8. The number of amides is 1. The Kier molecular flexibility index (Phi) is 28.1. The SMILES string of the molecule is CCCCCCCCCCCCCCCCC[C@@H](O)[C@@H](O)[C@H](CO[C@@H]1O[C@H](CO)[C@H](O)C(O)C1O)NC(=O)CCCCCCCCCC. The average molecular weight is 690 g/mol. The number of hydrogen-bond acceptors (Lipinski definition) is 9. The molecular formula is C38H75NO9. The molecule has 286 valence electrons. The molecule has 1 rings (SSSR count). The normalized spacial score (nSPS) is 23.2. The Morgan fingerprint density at radius 2 is 1.08 bits per heavy atom. The molecule has 0 radical (unpaired) electrons. The van der Waals surface area contributed by atoms with E-state index in [0.717, 1.165) is 44.9 Å². The van der Waals surface area contributed by atoms with Gasteiger partial charge in [0.05, 0.1) is 25.4 Å². The molecule has 10 heteroatoms. The number of aliphatic hydroxyl groups is 6. The van der Waals surface area contributed by atoms with Gasteiger partial charge in [0.25, 0.3) is 0 Å². The third-order valence-electron chi connectivity index (χ3n) is 9.80. The maximum Gasteiger partial charge on any atom is 0.220 e. The minimum absolute atomic E-state index is 0.262. The van der Waals surface area contributed by atoms with Crippen molar-refractivity contribution in [2.45, 2.75) is 223 Å². The Bertz CT molecular complexity index is 743. The fourth-order valence-corrected chi connectivity index (χ4v) is 6.49. The molecular weight excluding hydrogens is 614 g/mol. The highest BCUT2D eigenvalue weighted by Crippen LogP contribution is 2.23. The number of unbranched alkanes of at least 4 members (excludes halogenated alkanes) is 21. The first-order chi connectivity index (χ1) is 23.3. The third kappa shape index (κ3) is 20.7. The van der Waals surface area contributed by atoms with Gasteiger partial charge in [-0.15, -0.1) is 0 Å². The highest BCUT2D eigenvalue weighted by molar-refractivity contribution is 5.76. The number of nitrogens with one attached hydrogen (secondary N) is 1. The minimum atomic E-state index is -1.60. The topological polar surface area (TPSA) is 169 Å². The van der Waals surface area contributed by atoms with Gasteiger partial charge in [-0.2, -0.15) is 0 Å². The van der Waals surface area contributed by atoms with Crippen molar-refractivity contribution in [1.82, 2.24) is 5.32 Å². The molecule has 0 aliphatic carbocycles. The van der Waals surface area contributed by atoms with Crippen LogP contribution in [0.2, 0.25) is 0 Å². The lowest BCUT2D eigenvalue weighted by Crippen LogP contribution is -2.60. The molecule has 0 aromatic heterocycles. The van der Waals surface area contributed by atoms with Crippen LogP contribution in [0.3, 0.4) is 0 Å². The van der Waals surface area contributed by atoms with Crippen molar-refractivity contribution in [3.63, 3.8) is 0 Å². The van der Waals surface area contributed by atoms with E-state index in [4.69, 9.17) is 9.47 Å². The first kappa shape index (κ1) is 45.2. The van der Waals surface area contributed by atoms with Crippen molar-refractivity contribution in [3.05, 3.63) is 0 Å². The Morgan fingerprint density at radius 3 is 1.54 bits per heavy atom. The molecule has 1 aliphatic heterocycles. The predicted molar refractivity (Wildman–Crippen MR) is 190 cm³/mol. The highest BCUT2D eigenvalue weighted by atomic mass is 16.7. The van der Waals surface area contributed by atoms with Crippen LogP contribution in [-0.2, 0) is 14.3 Å². The summed E-state index contributed by atoms with van der Waals surface area (Å²) in [5.74, 6) is -0.262. The van der Waals surface area contributed by atoms with E-state index in [1.54, 1.807) is 0 Å². The van der Waals surface area contributed by atoms with Crippen molar-refractivity contribution in [1.29, 1.82) is 0 Å². The lowest BCUT2D eigenvalue weighted by Gasteiger charge is -2.40. The molecule has 1 amide bonds.